The first-order valence-electron chi connectivity index (χ1n) is 6.16. The molecule has 0 spiro atoms. The lowest BCUT2D eigenvalue weighted by molar-refractivity contribution is 0.471. The number of anilines is 1. The van der Waals surface area contributed by atoms with E-state index in [1.54, 1.807) is 12.1 Å². The SMILES string of the molecule is Cc1ccc(NC(C)c2cccc(C#N)c2)cc1O. The first kappa shape index (κ1) is 13.0. The van der Waals surface area contributed by atoms with Gasteiger partial charge in [-0.05, 0) is 43.2 Å². The molecule has 19 heavy (non-hydrogen) atoms. The second-order valence-corrected chi connectivity index (χ2v) is 4.60. The summed E-state index contributed by atoms with van der Waals surface area (Å²) in [7, 11) is 0. The molecule has 0 radical (unpaired) electrons. The van der Waals surface area contributed by atoms with E-state index in [-0.39, 0.29) is 11.8 Å². The molecule has 3 heteroatoms. The molecule has 0 aliphatic heterocycles. The highest BCUT2D eigenvalue weighted by Gasteiger charge is 2.07. The Morgan fingerprint density at radius 3 is 2.68 bits per heavy atom. The van der Waals surface area contributed by atoms with Crippen LogP contribution in [0.15, 0.2) is 42.5 Å². The summed E-state index contributed by atoms with van der Waals surface area (Å²) >= 11 is 0. The third-order valence-corrected chi connectivity index (χ3v) is 3.11. The fourth-order valence-electron chi connectivity index (χ4n) is 1.91. The molecule has 0 bridgehead atoms. The maximum Gasteiger partial charge on any atom is 0.120 e. The predicted octanol–water partition coefficient (Wildman–Crippen LogP) is 3.75. The van der Waals surface area contributed by atoms with Gasteiger partial charge in [-0.15, -0.1) is 0 Å². The van der Waals surface area contributed by atoms with Gasteiger partial charge in [0.15, 0.2) is 0 Å². The van der Waals surface area contributed by atoms with Crippen molar-refractivity contribution in [1.29, 1.82) is 5.26 Å². The topological polar surface area (TPSA) is 56.0 Å². The third-order valence-electron chi connectivity index (χ3n) is 3.11. The van der Waals surface area contributed by atoms with Crippen LogP contribution in [0.5, 0.6) is 5.75 Å². The quantitative estimate of drug-likeness (QED) is 0.874. The number of phenolic OH excluding ortho intramolecular Hbond substituents is 1. The Labute approximate surface area is 113 Å². The normalized spacial score (nSPS) is 11.6. The van der Waals surface area contributed by atoms with E-state index >= 15 is 0 Å². The van der Waals surface area contributed by atoms with E-state index in [0.29, 0.717) is 5.56 Å². The van der Waals surface area contributed by atoms with Crippen molar-refractivity contribution in [2.75, 3.05) is 5.32 Å². The molecule has 1 unspecified atom stereocenters. The number of rotatable bonds is 3. The monoisotopic (exact) mass is 252 g/mol. The first-order valence-corrected chi connectivity index (χ1v) is 6.16. The van der Waals surface area contributed by atoms with Crippen molar-refractivity contribution in [3.05, 3.63) is 59.2 Å². The minimum Gasteiger partial charge on any atom is -0.508 e. The van der Waals surface area contributed by atoms with E-state index in [4.69, 9.17) is 5.26 Å². The Morgan fingerprint density at radius 2 is 2.00 bits per heavy atom. The van der Waals surface area contributed by atoms with Crippen LogP contribution in [0, 0.1) is 18.3 Å². The summed E-state index contributed by atoms with van der Waals surface area (Å²) in [6.45, 7) is 3.88. The molecule has 2 rings (SSSR count). The molecule has 0 aromatic heterocycles. The smallest absolute Gasteiger partial charge is 0.120 e. The number of hydrogen-bond acceptors (Lipinski definition) is 3. The van der Waals surface area contributed by atoms with Gasteiger partial charge in [-0.25, -0.2) is 0 Å². The number of aryl methyl sites for hydroxylation is 1. The van der Waals surface area contributed by atoms with Gasteiger partial charge in [-0.2, -0.15) is 5.26 Å². The van der Waals surface area contributed by atoms with Crippen LogP contribution in [0.3, 0.4) is 0 Å². The van der Waals surface area contributed by atoms with Gasteiger partial charge in [0.25, 0.3) is 0 Å². The minimum absolute atomic E-state index is 0.0652. The van der Waals surface area contributed by atoms with Gasteiger partial charge in [-0.1, -0.05) is 18.2 Å². The van der Waals surface area contributed by atoms with E-state index in [1.165, 1.54) is 0 Å². The number of phenols is 1. The van der Waals surface area contributed by atoms with Crippen LogP contribution in [0.2, 0.25) is 0 Å². The number of aromatic hydroxyl groups is 1. The van der Waals surface area contributed by atoms with Gasteiger partial charge in [-0.3, -0.25) is 0 Å². The van der Waals surface area contributed by atoms with Gasteiger partial charge in [0, 0.05) is 17.8 Å². The van der Waals surface area contributed by atoms with Crippen molar-refractivity contribution in [3.63, 3.8) is 0 Å². The second kappa shape index (κ2) is 5.45. The van der Waals surface area contributed by atoms with Gasteiger partial charge in [0.05, 0.1) is 11.6 Å². The highest BCUT2D eigenvalue weighted by atomic mass is 16.3. The molecule has 0 heterocycles. The van der Waals surface area contributed by atoms with Crippen LogP contribution in [0.1, 0.15) is 29.7 Å². The summed E-state index contributed by atoms with van der Waals surface area (Å²) in [5.41, 5.74) is 3.40. The lowest BCUT2D eigenvalue weighted by Crippen LogP contribution is -2.06. The molecule has 3 nitrogen and oxygen atoms in total. The zero-order chi connectivity index (χ0) is 13.8. The van der Waals surface area contributed by atoms with E-state index in [0.717, 1.165) is 16.8 Å². The number of nitriles is 1. The Hall–Kier alpha value is -2.47. The number of benzene rings is 2. The van der Waals surface area contributed by atoms with E-state index in [1.807, 2.05) is 44.2 Å². The number of nitrogens with one attached hydrogen (secondary N) is 1. The maximum atomic E-state index is 9.68. The average molecular weight is 252 g/mol. The van der Waals surface area contributed by atoms with Crippen molar-refractivity contribution in [1.82, 2.24) is 0 Å². The van der Waals surface area contributed by atoms with E-state index in [2.05, 4.69) is 11.4 Å². The van der Waals surface area contributed by atoms with Crippen molar-refractivity contribution in [2.24, 2.45) is 0 Å². The molecule has 2 N–H and O–H groups in total. The standard InChI is InChI=1S/C16H16N2O/c1-11-6-7-15(9-16(11)19)18-12(2)14-5-3-4-13(8-14)10-17/h3-9,12,18-19H,1-2H3. The van der Waals surface area contributed by atoms with Crippen LogP contribution in [0.4, 0.5) is 5.69 Å². The summed E-state index contributed by atoms with van der Waals surface area (Å²) in [5, 5.41) is 21.9. The average Bonchev–Trinajstić information content (AvgIpc) is 2.43. The molecular weight excluding hydrogens is 236 g/mol. The van der Waals surface area contributed by atoms with Crippen molar-refractivity contribution in [3.8, 4) is 11.8 Å². The first-order chi connectivity index (χ1) is 9.10. The fourth-order valence-corrected chi connectivity index (χ4v) is 1.91. The van der Waals surface area contributed by atoms with Crippen molar-refractivity contribution in [2.45, 2.75) is 19.9 Å². The van der Waals surface area contributed by atoms with Gasteiger partial charge < -0.3 is 10.4 Å². The zero-order valence-electron chi connectivity index (χ0n) is 11.0. The molecule has 2 aromatic carbocycles. The largest absolute Gasteiger partial charge is 0.508 e. The Kier molecular flexibility index (Phi) is 3.72. The summed E-state index contributed by atoms with van der Waals surface area (Å²) in [6.07, 6.45) is 0. The van der Waals surface area contributed by atoms with Gasteiger partial charge >= 0.3 is 0 Å². The lowest BCUT2D eigenvalue weighted by atomic mass is 10.1. The second-order valence-electron chi connectivity index (χ2n) is 4.60. The summed E-state index contributed by atoms with van der Waals surface area (Å²) in [6, 6.07) is 15.2. The molecule has 96 valence electrons. The fraction of sp³-hybridized carbons (Fsp3) is 0.188. The number of nitrogens with zero attached hydrogens (tertiary/aromatic N) is 1. The van der Waals surface area contributed by atoms with E-state index < -0.39 is 0 Å². The third kappa shape index (κ3) is 3.05. The van der Waals surface area contributed by atoms with Gasteiger partial charge in [0.1, 0.15) is 5.75 Å². The molecule has 0 saturated carbocycles. The van der Waals surface area contributed by atoms with Crippen LogP contribution in [-0.4, -0.2) is 5.11 Å². The Morgan fingerprint density at radius 1 is 1.21 bits per heavy atom. The highest BCUT2D eigenvalue weighted by molar-refractivity contribution is 5.52. The highest BCUT2D eigenvalue weighted by Crippen LogP contribution is 2.25. The lowest BCUT2D eigenvalue weighted by Gasteiger charge is -2.16. The van der Waals surface area contributed by atoms with Crippen molar-refractivity contribution >= 4 is 5.69 Å². The molecule has 0 aliphatic rings. The van der Waals surface area contributed by atoms with E-state index in [9.17, 15) is 5.11 Å². The van der Waals surface area contributed by atoms with Crippen LogP contribution < -0.4 is 5.32 Å². The molecule has 0 aliphatic carbocycles. The molecule has 0 amide bonds. The predicted molar refractivity (Wildman–Crippen MR) is 76.0 cm³/mol. The Balaban J connectivity index is 2.18. The van der Waals surface area contributed by atoms with Crippen LogP contribution in [-0.2, 0) is 0 Å². The summed E-state index contributed by atoms with van der Waals surface area (Å²) < 4.78 is 0. The summed E-state index contributed by atoms with van der Waals surface area (Å²) in [5.74, 6) is 0.281. The summed E-state index contributed by atoms with van der Waals surface area (Å²) in [4.78, 5) is 0. The van der Waals surface area contributed by atoms with Crippen LogP contribution in [0.25, 0.3) is 0 Å². The molecule has 2 aromatic rings. The van der Waals surface area contributed by atoms with Crippen molar-refractivity contribution < 1.29 is 5.11 Å². The zero-order valence-corrected chi connectivity index (χ0v) is 11.0. The molecule has 0 saturated heterocycles. The Bertz CT molecular complexity index is 629. The molecule has 1 atom stereocenters. The minimum atomic E-state index is 0.0652. The van der Waals surface area contributed by atoms with Gasteiger partial charge in [0.2, 0.25) is 0 Å². The van der Waals surface area contributed by atoms with Crippen LogP contribution >= 0.6 is 0 Å². The molecular formula is C16H16N2O. The maximum absolute atomic E-state index is 9.68. The molecule has 0 fully saturated rings. The number of hydrogen-bond donors (Lipinski definition) is 2.